The van der Waals surface area contributed by atoms with Gasteiger partial charge in [0.1, 0.15) is 11.5 Å². The molecular weight excluding hydrogens is 456 g/mol. The molecule has 0 amide bonds. The maximum atomic E-state index is 12.5. The average Bonchev–Trinajstić information content (AvgIpc) is 2.90. The van der Waals surface area contributed by atoms with Crippen molar-refractivity contribution >= 4 is 28.8 Å². The molecule has 0 bridgehead atoms. The molecule has 6 nitrogen and oxygen atoms in total. The van der Waals surface area contributed by atoms with Crippen molar-refractivity contribution in [2.24, 2.45) is 0 Å². The van der Waals surface area contributed by atoms with Crippen LogP contribution in [0.15, 0.2) is 60.2 Å². The lowest BCUT2D eigenvalue weighted by molar-refractivity contribution is -0.138. The van der Waals surface area contributed by atoms with Crippen molar-refractivity contribution in [2.75, 3.05) is 27.4 Å². The van der Waals surface area contributed by atoms with Crippen LogP contribution in [0.5, 0.6) is 11.5 Å². The first-order valence-electron chi connectivity index (χ1n) is 11.7. The van der Waals surface area contributed by atoms with Gasteiger partial charge in [-0.05, 0) is 78.2 Å². The molecule has 0 aliphatic carbocycles. The number of methoxy groups -OCH3 is 2. The summed E-state index contributed by atoms with van der Waals surface area (Å²) in [6, 6.07) is 16.7. The monoisotopic (exact) mass is 486 g/mol. The number of hydrogen-bond acceptors (Lipinski definition) is 6. The van der Waals surface area contributed by atoms with Crippen molar-refractivity contribution < 1.29 is 28.5 Å². The second-order valence-electron chi connectivity index (χ2n) is 7.81. The summed E-state index contributed by atoms with van der Waals surface area (Å²) >= 11 is 0. The van der Waals surface area contributed by atoms with E-state index in [0.29, 0.717) is 29.9 Å². The van der Waals surface area contributed by atoms with Gasteiger partial charge in [-0.3, -0.25) is 0 Å². The van der Waals surface area contributed by atoms with E-state index < -0.39 is 5.97 Å². The van der Waals surface area contributed by atoms with Gasteiger partial charge in [-0.25, -0.2) is 9.59 Å². The summed E-state index contributed by atoms with van der Waals surface area (Å²) in [4.78, 5) is 24.9. The van der Waals surface area contributed by atoms with E-state index in [0.717, 1.165) is 27.6 Å². The number of carbonyl (C=O) groups is 2. The number of benzene rings is 3. The third kappa shape index (κ3) is 6.89. The van der Waals surface area contributed by atoms with Crippen LogP contribution in [-0.2, 0) is 20.7 Å². The van der Waals surface area contributed by atoms with Crippen LogP contribution in [0.4, 0.5) is 0 Å². The summed E-state index contributed by atoms with van der Waals surface area (Å²) in [5.74, 6) is 6.91. The lowest BCUT2D eigenvalue weighted by atomic mass is 9.98. The van der Waals surface area contributed by atoms with Crippen LogP contribution in [0.1, 0.15) is 41.8 Å². The van der Waals surface area contributed by atoms with E-state index in [-0.39, 0.29) is 19.0 Å². The van der Waals surface area contributed by atoms with Crippen LogP contribution in [0.2, 0.25) is 0 Å². The second kappa shape index (κ2) is 13.0. The van der Waals surface area contributed by atoms with Crippen LogP contribution in [0, 0.1) is 11.8 Å². The molecule has 0 saturated heterocycles. The Hall–Kier alpha value is -4.24. The van der Waals surface area contributed by atoms with Crippen molar-refractivity contribution in [3.63, 3.8) is 0 Å². The Kier molecular flexibility index (Phi) is 9.53. The molecule has 0 fully saturated rings. The van der Waals surface area contributed by atoms with Gasteiger partial charge in [0.25, 0.3) is 0 Å². The third-order valence-electron chi connectivity index (χ3n) is 5.44. The fourth-order valence-corrected chi connectivity index (χ4v) is 3.64. The molecule has 0 saturated carbocycles. The summed E-state index contributed by atoms with van der Waals surface area (Å²) in [5.41, 5.74) is 2.65. The standard InChI is InChI=1S/C30H30O6/c1-5-35-29(31)24(17-21-11-14-26(33-3)15-12-21)10-8-7-9-22-18-25(30(32)36-6-2)19-23-13-16-27(34-4)20-28(22)23/h11-20H,5-6,9-10H2,1-4H3/b24-17-. The molecule has 3 aromatic carbocycles. The first-order chi connectivity index (χ1) is 17.5. The van der Waals surface area contributed by atoms with Gasteiger partial charge in [-0.2, -0.15) is 0 Å². The predicted octanol–water partition coefficient (Wildman–Crippen LogP) is 5.62. The molecule has 0 aromatic heterocycles. The van der Waals surface area contributed by atoms with Gasteiger partial charge in [-0.15, -0.1) is 0 Å². The number of rotatable bonds is 9. The SMILES string of the molecule is CCOC(=O)/C(=C\c1ccc(OC)cc1)CC#CCc1cc(C(=O)OCC)cc2ccc(OC)cc12. The van der Waals surface area contributed by atoms with Crippen LogP contribution < -0.4 is 9.47 Å². The van der Waals surface area contributed by atoms with Gasteiger partial charge in [0, 0.05) is 18.4 Å². The topological polar surface area (TPSA) is 71.1 Å². The average molecular weight is 487 g/mol. The van der Waals surface area contributed by atoms with Crippen LogP contribution in [0.3, 0.4) is 0 Å². The zero-order valence-corrected chi connectivity index (χ0v) is 21.1. The highest BCUT2D eigenvalue weighted by Crippen LogP contribution is 2.27. The maximum absolute atomic E-state index is 12.5. The molecule has 6 heteroatoms. The van der Waals surface area contributed by atoms with E-state index in [9.17, 15) is 9.59 Å². The molecule has 0 unspecified atom stereocenters. The quantitative estimate of drug-likeness (QED) is 0.222. The molecule has 0 atom stereocenters. The first kappa shape index (κ1) is 26.4. The predicted molar refractivity (Wildman–Crippen MR) is 140 cm³/mol. The second-order valence-corrected chi connectivity index (χ2v) is 7.81. The summed E-state index contributed by atoms with van der Waals surface area (Å²) in [6.45, 7) is 4.12. The lowest BCUT2D eigenvalue weighted by Crippen LogP contribution is -2.07. The van der Waals surface area contributed by atoms with Crippen LogP contribution in [-0.4, -0.2) is 39.4 Å². The van der Waals surface area contributed by atoms with Gasteiger partial charge >= 0.3 is 11.9 Å². The highest BCUT2D eigenvalue weighted by atomic mass is 16.5. The van der Waals surface area contributed by atoms with Gasteiger partial charge in [0.05, 0.1) is 33.0 Å². The minimum Gasteiger partial charge on any atom is -0.497 e. The smallest absolute Gasteiger partial charge is 0.338 e. The Balaban J connectivity index is 1.89. The molecule has 0 radical (unpaired) electrons. The van der Waals surface area contributed by atoms with Crippen molar-refractivity contribution in [3.8, 4) is 23.3 Å². The molecule has 0 N–H and O–H groups in total. The molecule has 0 heterocycles. The minimum absolute atomic E-state index is 0.226. The zero-order valence-electron chi connectivity index (χ0n) is 21.1. The van der Waals surface area contributed by atoms with E-state index in [1.54, 1.807) is 46.3 Å². The van der Waals surface area contributed by atoms with E-state index in [1.165, 1.54) is 0 Å². The number of hydrogen-bond donors (Lipinski definition) is 0. The van der Waals surface area contributed by atoms with Crippen molar-refractivity contribution in [1.29, 1.82) is 0 Å². The van der Waals surface area contributed by atoms with Crippen molar-refractivity contribution in [3.05, 3.63) is 76.9 Å². The summed E-state index contributed by atoms with van der Waals surface area (Å²) in [5, 5.41) is 1.83. The number of esters is 2. The number of ether oxygens (including phenoxy) is 4. The molecule has 0 spiro atoms. The molecule has 36 heavy (non-hydrogen) atoms. The Labute approximate surface area is 211 Å². The van der Waals surface area contributed by atoms with Crippen LogP contribution in [0.25, 0.3) is 16.8 Å². The lowest BCUT2D eigenvalue weighted by Gasteiger charge is -2.10. The highest BCUT2D eigenvalue weighted by Gasteiger charge is 2.12. The highest BCUT2D eigenvalue weighted by molar-refractivity contribution is 5.97. The van der Waals surface area contributed by atoms with Gasteiger partial charge in [0.2, 0.25) is 0 Å². The van der Waals surface area contributed by atoms with Crippen LogP contribution >= 0.6 is 0 Å². The maximum Gasteiger partial charge on any atom is 0.338 e. The Morgan fingerprint density at radius 2 is 1.53 bits per heavy atom. The summed E-state index contributed by atoms with van der Waals surface area (Å²) in [7, 11) is 3.21. The van der Waals surface area contributed by atoms with Gasteiger partial charge < -0.3 is 18.9 Å². The van der Waals surface area contributed by atoms with Gasteiger partial charge in [-0.1, -0.05) is 30.0 Å². The molecule has 0 aliphatic rings. The Morgan fingerprint density at radius 3 is 2.19 bits per heavy atom. The largest absolute Gasteiger partial charge is 0.497 e. The van der Waals surface area contributed by atoms with E-state index in [4.69, 9.17) is 18.9 Å². The zero-order chi connectivity index (χ0) is 25.9. The molecule has 186 valence electrons. The molecule has 0 aliphatic heterocycles. The summed E-state index contributed by atoms with van der Waals surface area (Å²) < 4.78 is 21.0. The number of carbonyl (C=O) groups excluding carboxylic acids is 2. The molecule has 3 aromatic rings. The van der Waals surface area contributed by atoms with Crippen molar-refractivity contribution in [1.82, 2.24) is 0 Å². The van der Waals surface area contributed by atoms with Crippen molar-refractivity contribution in [2.45, 2.75) is 26.7 Å². The molecule has 3 rings (SSSR count). The van der Waals surface area contributed by atoms with E-state index >= 15 is 0 Å². The fraction of sp³-hybridized carbons (Fsp3) is 0.267. The normalized spacial score (nSPS) is 10.8. The first-order valence-corrected chi connectivity index (χ1v) is 11.7. The van der Waals surface area contributed by atoms with E-state index in [1.807, 2.05) is 42.5 Å². The molecular formula is C30H30O6. The fourth-order valence-electron chi connectivity index (χ4n) is 3.64. The number of fused-ring (bicyclic) bond motifs is 1. The van der Waals surface area contributed by atoms with E-state index in [2.05, 4.69) is 11.8 Å². The van der Waals surface area contributed by atoms with Gasteiger partial charge in [0.15, 0.2) is 0 Å². The minimum atomic E-state index is -0.401. The Bertz CT molecular complexity index is 1310. The third-order valence-corrected chi connectivity index (χ3v) is 5.44. The summed E-state index contributed by atoms with van der Waals surface area (Å²) in [6.07, 6.45) is 2.38. The Morgan fingerprint density at radius 1 is 0.833 bits per heavy atom.